The van der Waals surface area contributed by atoms with Crippen LogP contribution in [0.25, 0.3) is 0 Å². The molecular weight excluding hydrogens is 586 g/mol. The molecule has 1 aliphatic heterocycles. The molecule has 13 heteroatoms. The standard InChI is InChI=1S/C29H36F2N4O5S2/c1-28(2,3)40-27(36)35(25-17-41-18-33-25)42(37,38)26-23(30)11-22(12-24(26)31)32-13-19-9-7-8-10-20(19)14-34-15-21(16-34)29(4,5)39-6/h7-12,17-18,21,32H,13-16H2,1-6H3. The molecule has 42 heavy (non-hydrogen) atoms. The smallest absolute Gasteiger partial charge is 0.430 e. The van der Waals surface area contributed by atoms with E-state index in [-0.39, 0.29) is 28.0 Å². The molecule has 0 unspecified atom stereocenters. The first kappa shape index (κ1) is 31.8. The molecular formula is C29H36F2N4O5S2. The number of thiazole rings is 1. The largest absolute Gasteiger partial charge is 0.443 e. The van der Waals surface area contributed by atoms with E-state index in [2.05, 4.69) is 29.0 Å². The summed E-state index contributed by atoms with van der Waals surface area (Å²) in [5.41, 5.74) is 2.07. The van der Waals surface area contributed by atoms with Gasteiger partial charge in [-0.1, -0.05) is 24.3 Å². The van der Waals surface area contributed by atoms with Gasteiger partial charge in [-0.2, -0.15) is 0 Å². The molecule has 4 rings (SSSR count). The number of sulfonamides is 1. The Kier molecular flexibility index (Phi) is 9.26. The van der Waals surface area contributed by atoms with E-state index in [9.17, 15) is 13.2 Å². The van der Waals surface area contributed by atoms with E-state index in [4.69, 9.17) is 9.47 Å². The Balaban J connectivity index is 1.52. The van der Waals surface area contributed by atoms with Crippen LogP contribution in [-0.4, -0.2) is 55.8 Å². The van der Waals surface area contributed by atoms with Crippen LogP contribution >= 0.6 is 11.3 Å². The Morgan fingerprint density at radius 3 is 2.29 bits per heavy atom. The molecule has 1 N–H and O–H groups in total. The van der Waals surface area contributed by atoms with Crippen molar-refractivity contribution >= 4 is 39.0 Å². The minimum absolute atomic E-state index is 0.0436. The Hall–Kier alpha value is -3.13. The monoisotopic (exact) mass is 622 g/mol. The second-order valence-corrected chi connectivity index (χ2v) is 14.1. The van der Waals surface area contributed by atoms with Crippen LogP contribution in [0.2, 0.25) is 0 Å². The molecule has 1 saturated heterocycles. The van der Waals surface area contributed by atoms with Crippen molar-refractivity contribution in [3.8, 4) is 0 Å². The number of aromatic nitrogens is 1. The topological polar surface area (TPSA) is 101 Å². The molecule has 1 amide bonds. The maximum atomic E-state index is 15.3. The third-order valence-electron chi connectivity index (χ3n) is 7.15. The predicted molar refractivity (Wildman–Crippen MR) is 158 cm³/mol. The summed E-state index contributed by atoms with van der Waals surface area (Å²) >= 11 is 1.01. The molecule has 0 saturated carbocycles. The number of ether oxygens (including phenoxy) is 2. The zero-order valence-electron chi connectivity index (χ0n) is 24.5. The summed E-state index contributed by atoms with van der Waals surface area (Å²) in [6, 6.07) is 9.53. The van der Waals surface area contributed by atoms with Crippen molar-refractivity contribution in [1.29, 1.82) is 0 Å². The van der Waals surface area contributed by atoms with Crippen LogP contribution in [0, 0.1) is 17.6 Å². The number of likely N-dealkylation sites (tertiary alicyclic amines) is 1. The van der Waals surface area contributed by atoms with Gasteiger partial charge in [-0.3, -0.25) is 4.90 Å². The molecule has 2 aromatic carbocycles. The number of carbonyl (C=O) groups is 1. The Morgan fingerprint density at radius 2 is 1.74 bits per heavy atom. The molecule has 1 fully saturated rings. The average molecular weight is 623 g/mol. The Bertz CT molecular complexity index is 1500. The number of nitrogens with one attached hydrogen (secondary N) is 1. The fourth-order valence-corrected chi connectivity index (χ4v) is 6.51. The van der Waals surface area contributed by atoms with Crippen molar-refractivity contribution < 1.29 is 31.5 Å². The van der Waals surface area contributed by atoms with E-state index in [1.165, 1.54) is 10.9 Å². The third kappa shape index (κ3) is 7.08. The summed E-state index contributed by atoms with van der Waals surface area (Å²) in [4.78, 5) is 17.7. The maximum Gasteiger partial charge on any atom is 0.430 e. The van der Waals surface area contributed by atoms with E-state index in [0.29, 0.717) is 12.5 Å². The number of benzene rings is 2. The lowest BCUT2D eigenvalue weighted by molar-refractivity contribution is -0.0901. The molecule has 3 aromatic rings. The van der Waals surface area contributed by atoms with Gasteiger partial charge in [0.2, 0.25) is 0 Å². The van der Waals surface area contributed by atoms with Crippen LogP contribution in [0.5, 0.6) is 0 Å². The van der Waals surface area contributed by atoms with Crippen LogP contribution in [0.15, 0.2) is 52.2 Å². The SMILES string of the molecule is COC(C)(C)C1CN(Cc2ccccc2CNc2cc(F)c(S(=O)(=O)N(C(=O)OC(C)(C)C)c3cscn3)c(F)c2)C1. The first-order chi connectivity index (χ1) is 19.6. The number of amides is 1. The van der Waals surface area contributed by atoms with Gasteiger partial charge in [-0.15, -0.1) is 15.6 Å². The normalized spacial score (nSPS) is 14.9. The van der Waals surface area contributed by atoms with Gasteiger partial charge in [0.05, 0.1) is 11.1 Å². The highest BCUT2D eigenvalue weighted by molar-refractivity contribution is 7.93. The molecule has 0 aliphatic carbocycles. The van der Waals surface area contributed by atoms with E-state index in [0.717, 1.165) is 47.7 Å². The van der Waals surface area contributed by atoms with Gasteiger partial charge < -0.3 is 14.8 Å². The molecule has 9 nitrogen and oxygen atoms in total. The maximum absolute atomic E-state index is 15.3. The minimum atomic E-state index is -5.06. The number of rotatable bonds is 10. The third-order valence-corrected chi connectivity index (χ3v) is 9.44. The van der Waals surface area contributed by atoms with E-state index in [1.54, 1.807) is 27.9 Å². The van der Waals surface area contributed by atoms with Gasteiger partial charge in [-0.05, 0) is 57.9 Å². The summed E-state index contributed by atoms with van der Waals surface area (Å²) in [6.45, 7) is 11.5. The molecule has 0 radical (unpaired) electrons. The fourth-order valence-electron chi connectivity index (χ4n) is 4.55. The molecule has 0 spiro atoms. The van der Waals surface area contributed by atoms with Gasteiger partial charge in [0.25, 0.3) is 10.0 Å². The Labute approximate surface area is 249 Å². The number of hydrogen-bond acceptors (Lipinski definition) is 9. The molecule has 228 valence electrons. The zero-order valence-corrected chi connectivity index (χ0v) is 26.1. The highest BCUT2D eigenvalue weighted by Gasteiger charge is 2.40. The quantitative estimate of drug-likeness (QED) is 0.293. The van der Waals surface area contributed by atoms with Crippen molar-refractivity contribution in [2.45, 2.75) is 63.8 Å². The minimum Gasteiger partial charge on any atom is -0.443 e. The van der Waals surface area contributed by atoms with Gasteiger partial charge in [0.1, 0.15) is 17.2 Å². The van der Waals surface area contributed by atoms with Gasteiger partial charge in [0, 0.05) is 50.3 Å². The van der Waals surface area contributed by atoms with Crippen molar-refractivity contribution in [1.82, 2.24) is 9.88 Å². The summed E-state index contributed by atoms with van der Waals surface area (Å²) in [5.74, 6) is -2.62. The summed E-state index contributed by atoms with van der Waals surface area (Å²) < 4.78 is 68.5. The van der Waals surface area contributed by atoms with Crippen LogP contribution in [0.3, 0.4) is 0 Å². The summed E-state index contributed by atoms with van der Waals surface area (Å²) in [6.07, 6.45) is -1.33. The molecule has 2 heterocycles. The van der Waals surface area contributed by atoms with E-state index < -0.39 is 38.2 Å². The van der Waals surface area contributed by atoms with Crippen molar-refractivity contribution in [3.05, 3.63) is 70.1 Å². The van der Waals surface area contributed by atoms with E-state index >= 15 is 8.78 Å². The first-order valence-corrected chi connectivity index (χ1v) is 15.7. The highest BCUT2D eigenvalue weighted by Crippen LogP contribution is 2.33. The van der Waals surface area contributed by atoms with Gasteiger partial charge in [0.15, 0.2) is 10.7 Å². The zero-order chi connectivity index (χ0) is 30.9. The number of hydrogen-bond donors (Lipinski definition) is 1. The Morgan fingerprint density at radius 1 is 1.12 bits per heavy atom. The van der Waals surface area contributed by atoms with Crippen LogP contribution in [-0.2, 0) is 32.6 Å². The second kappa shape index (κ2) is 12.2. The summed E-state index contributed by atoms with van der Waals surface area (Å²) in [7, 11) is -3.35. The number of carbonyl (C=O) groups excluding carboxylic acids is 1. The molecule has 0 atom stereocenters. The number of nitrogens with zero attached hydrogens (tertiary/aromatic N) is 3. The van der Waals surface area contributed by atoms with Crippen molar-refractivity contribution in [3.63, 3.8) is 0 Å². The lowest BCUT2D eigenvalue weighted by atomic mass is 9.84. The average Bonchev–Trinajstić information content (AvgIpc) is 3.37. The first-order valence-electron chi connectivity index (χ1n) is 13.4. The second-order valence-electron chi connectivity index (χ2n) is 11.7. The van der Waals surface area contributed by atoms with Crippen LogP contribution in [0.1, 0.15) is 45.7 Å². The van der Waals surface area contributed by atoms with Crippen molar-refractivity contribution in [2.75, 3.05) is 29.8 Å². The predicted octanol–water partition coefficient (Wildman–Crippen LogP) is 6.02. The lowest BCUT2D eigenvalue weighted by Crippen LogP contribution is -2.55. The van der Waals surface area contributed by atoms with Gasteiger partial charge in [-0.25, -0.2) is 27.0 Å². The highest BCUT2D eigenvalue weighted by atomic mass is 32.2. The van der Waals surface area contributed by atoms with E-state index in [1.807, 2.05) is 24.3 Å². The molecule has 0 bridgehead atoms. The molecule has 1 aromatic heterocycles. The number of anilines is 2. The van der Waals surface area contributed by atoms with Crippen LogP contribution in [0.4, 0.5) is 25.1 Å². The number of halogens is 2. The van der Waals surface area contributed by atoms with Crippen LogP contribution < -0.4 is 9.62 Å². The molecule has 1 aliphatic rings. The number of methoxy groups -OCH3 is 1. The van der Waals surface area contributed by atoms with Crippen molar-refractivity contribution in [2.24, 2.45) is 5.92 Å². The lowest BCUT2D eigenvalue weighted by Gasteiger charge is -2.47. The van der Waals surface area contributed by atoms with Gasteiger partial charge >= 0.3 is 6.09 Å². The fraction of sp³-hybridized carbons (Fsp3) is 0.448. The summed E-state index contributed by atoms with van der Waals surface area (Å²) in [5, 5.41) is 4.26.